The maximum atomic E-state index is 11.6. The molecule has 1 amide bonds. The van der Waals surface area contributed by atoms with Crippen molar-refractivity contribution in [2.45, 2.75) is 6.54 Å². The van der Waals surface area contributed by atoms with E-state index in [4.69, 9.17) is 4.42 Å². The summed E-state index contributed by atoms with van der Waals surface area (Å²) in [6, 6.07) is 7.39. The lowest BCUT2D eigenvalue weighted by atomic mass is 10.4. The molecule has 0 aromatic carbocycles. The van der Waals surface area contributed by atoms with Gasteiger partial charge in [-0.15, -0.1) is 11.3 Å². The van der Waals surface area contributed by atoms with E-state index in [-0.39, 0.29) is 5.91 Å². The number of nitrogens with one attached hydrogen (secondary N) is 3. The molecule has 0 fully saturated rings. The number of hydrogen-bond acceptors (Lipinski definition) is 4. The zero-order valence-electron chi connectivity index (χ0n) is 11.8. The van der Waals surface area contributed by atoms with Gasteiger partial charge in [-0.05, 0) is 23.6 Å². The number of guanidine groups is 1. The summed E-state index contributed by atoms with van der Waals surface area (Å²) in [5, 5.41) is 11.1. The Balaban J connectivity index is 1.63. The summed E-state index contributed by atoms with van der Waals surface area (Å²) in [5.74, 6) is 0.800. The lowest BCUT2D eigenvalue weighted by Gasteiger charge is -2.11. The van der Waals surface area contributed by atoms with Gasteiger partial charge in [0.05, 0.1) is 12.8 Å². The molecule has 2 rings (SSSR count). The van der Waals surface area contributed by atoms with E-state index in [1.54, 1.807) is 30.5 Å². The van der Waals surface area contributed by atoms with Crippen LogP contribution in [-0.2, 0) is 6.54 Å². The smallest absolute Gasteiger partial charge is 0.287 e. The van der Waals surface area contributed by atoms with Crippen LogP contribution in [0.5, 0.6) is 0 Å². The molecule has 2 aromatic rings. The second-order valence-corrected chi connectivity index (χ2v) is 5.20. The highest BCUT2D eigenvalue weighted by molar-refractivity contribution is 7.09. The average Bonchev–Trinajstić information content (AvgIpc) is 3.19. The monoisotopic (exact) mass is 306 g/mol. The molecule has 21 heavy (non-hydrogen) atoms. The first-order valence-corrected chi connectivity index (χ1v) is 7.46. The van der Waals surface area contributed by atoms with Gasteiger partial charge >= 0.3 is 0 Å². The largest absolute Gasteiger partial charge is 0.459 e. The zero-order chi connectivity index (χ0) is 14.9. The van der Waals surface area contributed by atoms with Gasteiger partial charge in [0.1, 0.15) is 0 Å². The number of thiophene rings is 1. The molecule has 2 heterocycles. The van der Waals surface area contributed by atoms with Crippen LogP contribution in [0.3, 0.4) is 0 Å². The molecule has 2 aromatic heterocycles. The van der Waals surface area contributed by atoms with Crippen molar-refractivity contribution in [3.05, 3.63) is 46.5 Å². The molecule has 0 aliphatic rings. The van der Waals surface area contributed by atoms with Gasteiger partial charge in [0, 0.05) is 25.0 Å². The van der Waals surface area contributed by atoms with E-state index in [0.717, 1.165) is 6.54 Å². The number of furan rings is 1. The predicted molar refractivity (Wildman–Crippen MR) is 83.6 cm³/mol. The summed E-state index contributed by atoms with van der Waals surface area (Å²) in [6.45, 7) is 1.80. The Bertz CT molecular complexity index is 564. The first kappa shape index (κ1) is 15.1. The van der Waals surface area contributed by atoms with Gasteiger partial charge < -0.3 is 20.4 Å². The highest BCUT2D eigenvalue weighted by atomic mass is 32.1. The van der Waals surface area contributed by atoms with Crippen molar-refractivity contribution in [1.82, 2.24) is 16.0 Å². The lowest BCUT2D eigenvalue weighted by Crippen LogP contribution is -2.41. The molecule has 3 N–H and O–H groups in total. The minimum absolute atomic E-state index is 0.219. The van der Waals surface area contributed by atoms with Crippen molar-refractivity contribution in [2.24, 2.45) is 4.99 Å². The standard InChI is InChI=1S/C14H18N4O2S/c1-15-14(18-10-11-4-3-9-21-11)17-7-6-16-13(19)12-5-2-8-20-12/h2-5,8-9H,6-7,10H2,1H3,(H,16,19)(H2,15,17,18). The topological polar surface area (TPSA) is 78.7 Å². The van der Waals surface area contributed by atoms with Gasteiger partial charge in [-0.2, -0.15) is 0 Å². The molecule has 0 aliphatic heterocycles. The van der Waals surface area contributed by atoms with Gasteiger partial charge in [-0.1, -0.05) is 6.07 Å². The fourth-order valence-electron chi connectivity index (χ4n) is 1.66. The molecule has 0 unspecified atom stereocenters. The van der Waals surface area contributed by atoms with Crippen molar-refractivity contribution in [1.29, 1.82) is 0 Å². The Morgan fingerprint density at radius 3 is 2.76 bits per heavy atom. The van der Waals surface area contributed by atoms with E-state index in [1.807, 2.05) is 11.4 Å². The van der Waals surface area contributed by atoms with Crippen molar-refractivity contribution >= 4 is 23.2 Å². The van der Waals surface area contributed by atoms with Crippen molar-refractivity contribution in [3.63, 3.8) is 0 Å². The summed E-state index contributed by atoms with van der Waals surface area (Å²) in [4.78, 5) is 17.0. The van der Waals surface area contributed by atoms with E-state index in [0.29, 0.717) is 24.8 Å². The summed E-state index contributed by atoms with van der Waals surface area (Å²) >= 11 is 1.69. The predicted octanol–water partition coefficient (Wildman–Crippen LogP) is 1.44. The van der Waals surface area contributed by atoms with E-state index >= 15 is 0 Å². The highest BCUT2D eigenvalue weighted by Gasteiger charge is 2.06. The molecule has 112 valence electrons. The van der Waals surface area contributed by atoms with Crippen LogP contribution >= 0.6 is 11.3 Å². The van der Waals surface area contributed by atoms with E-state index < -0.39 is 0 Å². The third kappa shape index (κ3) is 4.96. The van der Waals surface area contributed by atoms with Gasteiger partial charge in [0.2, 0.25) is 0 Å². The second kappa shape index (κ2) is 8.11. The number of amides is 1. The second-order valence-electron chi connectivity index (χ2n) is 4.17. The summed E-state index contributed by atoms with van der Waals surface area (Å²) in [5.41, 5.74) is 0. The number of hydrogen-bond donors (Lipinski definition) is 3. The molecule has 0 atom stereocenters. The maximum absolute atomic E-state index is 11.6. The van der Waals surface area contributed by atoms with Crippen molar-refractivity contribution in [3.8, 4) is 0 Å². The van der Waals surface area contributed by atoms with Crippen molar-refractivity contribution in [2.75, 3.05) is 20.1 Å². The number of aliphatic imine (C=N–C) groups is 1. The molecule has 0 bridgehead atoms. The van der Waals surface area contributed by atoms with E-state index in [9.17, 15) is 4.79 Å². The van der Waals surface area contributed by atoms with Crippen LogP contribution in [0.2, 0.25) is 0 Å². The Morgan fingerprint density at radius 1 is 1.24 bits per heavy atom. The Labute approximate surface area is 127 Å². The van der Waals surface area contributed by atoms with Gasteiger partial charge in [-0.25, -0.2) is 0 Å². The van der Waals surface area contributed by atoms with Crippen LogP contribution in [0.1, 0.15) is 15.4 Å². The molecule has 0 radical (unpaired) electrons. The fourth-order valence-corrected chi connectivity index (χ4v) is 2.30. The van der Waals surface area contributed by atoms with E-state index in [1.165, 1.54) is 11.1 Å². The Kier molecular flexibility index (Phi) is 5.83. The third-order valence-corrected chi connectivity index (χ3v) is 3.56. The summed E-state index contributed by atoms with van der Waals surface area (Å²) in [6.07, 6.45) is 1.48. The zero-order valence-corrected chi connectivity index (χ0v) is 12.6. The van der Waals surface area contributed by atoms with Crippen LogP contribution in [0.15, 0.2) is 45.3 Å². The van der Waals surface area contributed by atoms with Gasteiger partial charge in [0.25, 0.3) is 5.91 Å². The van der Waals surface area contributed by atoms with Crippen LogP contribution in [-0.4, -0.2) is 32.0 Å². The lowest BCUT2D eigenvalue weighted by molar-refractivity contribution is 0.0926. The maximum Gasteiger partial charge on any atom is 0.287 e. The van der Waals surface area contributed by atoms with Gasteiger partial charge in [0.15, 0.2) is 11.7 Å². The van der Waals surface area contributed by atoms with Crippen LogP contribution in [0.25, 0.3) is 0 Å². The number of carbonyl (C=O) groups excluding carboxylic acids is 1. The normalized spacial score (nSPS) is 11.2. The molecule has 6 nitrogen and oxygen atoms in total. The Morgan fingerprint density at radius 2 is 2.10 bits per heavy atom. The fraction of sp³-hybridized carbons (Fsp3) is 0.286. The van der Waals surface area contributed by atoms with Crippen LogP contribution in [0, 0.1) is 0 Å². The van der Waals surface area contributed by atoms with E-state index in [2.05, 4.69) is 27.0 Å². The average molecular weight is 306 g/mol. The third-order valence-electron chi connectivity index (χ3n) is 2.68. The molecular weight excluding hydrogens is 288 g/mol. The van der Waals surface area contributed by atoms with Gasteiger partial charge in [-0.3, -0.25) is 9.79 Å². The first-order valence-electron chi connectivity index (χ1n) is 6.58. The minimum atomic E-state index is -0.219. The number of carbonyl (C=O) groups is 1. The molecule has 0 saturated heterocycles. The number of nitrogens with zero attached hydrogens (tertiary/aromatic N) is 1. The molecular formula is C14H18N4O2S. The first-order chi connectivity index (χ1) is 10.3. The van der Waals surface area contributed by atoms with Crippen LogP contribution in [0.4, 0.5) is 0 Å². The minimum Gasteiger partial charge on any atom is -0.459 e. The highest BCUT2D eigenvalue weighted by Crippen LogP contribution is 2.06. The molecule has 0 saturated carbocycles. The number of rotatable bonds is 6. The quantitative estimate of drug-likeness (QED) is 0.429. The summed E-state index contributed by atoms with van der Waals surface area (Å²) < 4.78 is 5.01. The molecule has 0 aliphatic carbocycles. The SMILES string of the molecule is CN=C(NCCNC(=O)c1ccco1)NCc1cccs1. The molecule has 0 spiro atoms. The molecule has 7 heteroatoms. The Hall–Kier alpha value is -2.28. The summed E-state index contributed by atoms with van der Waals surface area (Å²) in [7, 11) is 1.71. The van der Waals surface area contributed by atoms with Crippen molar-refractivity contribution < 1.29 is 9.21 Å². The van der Waals surface area contributed by atoms with Crippen LogP contribution < -0.4 is 16.0 Å².